The minimum absolute atomic E-state index is 0.228. The van der Waals surface area contributed by atoms with Gasteiger partial charge in [0.25, 0.3) is 0 Å². The van der Waals surface area contributed by atoms with E-state index in [4.69, 9.17) is 0 Å². The van der Waals surface area contributed by atoms with E-state index in [-0.39, 0.29) is 5.91 Å². The number of carbonyl (C=O) groups is 1. The highest BCUT2D eigenvalue weighted by Gasteiger charge is 2.19. The predicted octanol–water partition coefficient (Wildman–Crippen LogP) is 1.25. The first-order valence-corrected chi connectivity index (χ1v) is 7.18. The number of nitrogens with one attached hydrogen (secondary N) is 2. The Morgan fingerprint density at radius 1 is 1.40 bits per heavy atom. The van der Waals surface area contributed by atoms with Crippen LogP contribution in [0, 0.1) is 5.92 Å². The minimum atomic E-state index is 0.228. The standard InChI is InChI=1S/C11H22N2OS/c1-15-6-4-2-3-5-13-11(14)7-10-8-12-9-10/h10,12H,2-9H2,1H3,(H,13,14). The van der Waals surface area contributed by atoms with Gasteiger partial charge in [-0.2, -0.15) is 11.8 Å². The summed E-state index contributed by atoms with van der Waals surface area (Å²) in [5, 5.41) is 6.16. The Bertz CT molecular complexity index is 183. The zero-order valence-electron chi connectivity index (χ0n) is 9.55. The summed E-state index contributed by atoms with van der Waals surface area (Å²) in [5.74, 6) is 2.05. The lowest BCUT2D eigenvalue weighted by Gasteiger charge is -2.26. The Morgan fingerprint density at radius 3 is 2.80 bits per heavy atom. The SMILES string of the molecule is CSCCCCCNC(=O)CC1CNC1. The molecule has 88 valence electrons. The second-order valence-electron chi connectivity index (χ2n) is 4.13. The summed E-state index contributed by atoms with van der Waals surface area (Å²) in [6, 6.07) is 0. The maximum atomic E-state index is 11.4. The second-order valence-corrected chi connectivity index (χ2v) is 5.12. The van der Waals surface area contributed by atoms with Crippen LogP contribution >= 0.6 is 11.8 Å². The number of hydrogen-bond donors (Lipinski definition) is 2. The van der Waals surface area contributed by atoms with Gasteiger partial charge in [-0.25, -0.2) is 0 Å². The highest BCUT2D eigenvalue weighted by Crippen LogP contribution is 2.07. The summed E-state index contributed by atoms with van der Waals surface area (Å²) < 4.78 is 0. The third-order valence-corrected chi connectivity index (χ3v) is 3.38. The van der Waals surface area contributed by atoms with Gasteiger partial charge in [0.1, 0.15) is 0 Å². The van der Waals surface area contributed by atoms with Gasteiger partial charge in [-0.05, 0) is 43.9 Å². The van der Waals surface area contributed by atoms with Gasteiger partial charge in [-0.3, -0.25) is 4.79 Å². The molecule has 1 rings (SSSR count). The van der Waals surface area contributed by atoms with E-state index in [9.17, 15) is 4.79 Å². The molecule has 1 aliphatic rings. The molecule has 2 N–H and O–H groups in total. The zero-order valence-corrected chi connectivity index (χ0v) is 10.4. The van der Waals surface area contributed by atoms with E-state index in [1.807, 2.05) is 11.8 Å². The Kier molecular flexibility index (Phi) is 6.85. The lowest BCUT2D eigenvalue weighted by Crippen LogP contribution is -2.44. The summed E-state index contributed by atoms with van der Waals surface area (Å²) in [7, 11) is 0. The van der Waals surface area contributed by atoms with E-state index in [2.05, 4.69) is 16.9 Å². The number of carbonyl (C=O) groups excluding carboxylic acids is 1. The summed E-state index contributed by atoms with van der Waals surface area (Å²) >= 11 is 1.89. The van der Waals surface area contributed by atoms with Crippen LogP contribution in [0.25, 0.3) is 0 Å². The first-order valence-electron chi connectivity index (χ1n) is 5.79. The monoisotopic (exact) mass is 230 g/mol. The topological polar surface area (TPSA) is 41.1 Å². The van der Waals surface area contributed by atoms with Crippen LogP contribution in [0.4, 0.5) is 0 Å². The molecule has 0 radical (unpaired) electrons. The van der Waals surface area contributed by atoms with Gasteiger partial charge in [0.2, 0.25) is 5.91 Å². The zero-order chi connectivity index (χ0) is 10.9. The maximum Gasteiger partial charge on any atom is 0.220 e. The van der Waals surface area contributed by atoms with Crippen molar-refractivity contribution >= 4 is 17.7 Å². The van der Waals surface area contributed by atoms with Crippen molar-refractivity contribution in [3.05, 3.63) is 0 Å². The molecule has 1 amide bonds. The maximum absolute atomic E-state index is 11.4. The molecule has 1 heterocycles. The van der Waals surface area contributed by atoms with Crippen molar-refractivity contribution in [3.8, 4) is 0 Å². The summed E-state index contributed by atoms with van der Waals surface area (Å²) in [6.45, 7) is 2.88. The molecule has 0 saturated carbocycles. The van der Waals surface area contributed by atoms with E-state index in [1.165, 1.54) is 18.6 Å². The summed E-state index contributed by atoms with van der Waals surface area (Å²) in [5.41, 5.74) is 0. The van der Waals surface area contributed by atoms with Crippen molar-refractivity contribution in [1.29, 1.82) is 0 Å². The van der Waals surface area contributed by atoms with Gasteiger partial charge in [0.15, 0.2) is 0 Å². The molecule has 0 spiro atoms. The fourth-order valence-corrected chi connectivity index (χ4v) is 2.10. The Balaban J connectivity index is 1.83. The van der Waals surface area contributed by atoms with Gasteiger partial charge in [-0.15, -0.1) is 0 Å². The van der Waals surface area contributed by atoms with E-state index in [0.29, 0.717) is 12.3 Å². The summed E-state index contributed by atoms with van der Waals surface area (Å²) in [6.07, 6.45) is 6.46. The molecular formula is C11H22N2OS. The number of thioether (sulfide) groups is 1. The van der Waals surface area contributed by atoms with Crippen molar-refractivity contribution in [2.45, 2.75) is 25.7 Å². The van der Waals surface area contributed by atoms with Crippen molar-refractivity contribution in [3.63, 3.8) is 0 Å². The van der Waals surface area contributed by atoms with Crippen molar-refractivity contribution in [2.75, 3.05) is 31.6 Å². The van der Waals surface area contributed by atoms with E-state index in [1.54, 1.807) is 0 Å². The molecule has 0 aromatic heterocycles. The van der Waals surface area contributed by atoms with Crippen molar-refractivity contribution in [2.24, 2.45) is 5.92 Å². The van der Waals surface area contributed by atoms with Crippen molar-refractivity contribution < 1.29 is 4.79 Å². The first kappa shape index (κ1) is 12.8. The van der Waals surface area contributed by atoms with Crippen LogP contribution < -0.4 is 10.6 Å². The number of hydrogen-bond acceptors (Lipinski definition) is 3. The fourth-order valence-electron chi connectivity index (χ4n) is 1.60. The molecule has 0 unspecified atom stereocenters. The molecular weight excluding hydrogens is 208 g/mol. The highest BCUT2D eigenvalue weighted by molar-refractivity contribution is 7.98. The first-order chi connectivity index (χ1) is 7.33. The largest absolute Gasteiger partial charge is 0.356 e. The fraction of sp³-hybridized carbons (Fsp3) is 0.909. The van der Waals surface area contributed by atoms with Crippen LogP contribution in [0.5, 0.6) is 0 Å². The normalized spacial score (nSPS) is 16.1. The molecule has 0 bridgehead atoms. The van der Waals surface area contributed by atoms with E-state index in [0.717, 1.165) is 26.1 Å². The number of rotatable bonds is 8. The smallest absolute Gasteiger partial charge is 0.220 e. The third kappa shape index (κ3) is 6.05. The number of unbranched alkanes of at least 4 members (excludes halogenated alkanes) is 2. The predicted molar refractivity (Wildman–Crippen MR) is 66.2 cm³/mol. The average molecular weight is 230 g/mol. The Morgan fingerprint density at radius 2 is 2.20 bits per heavy atom. The van der Waals surface area contributed by atoms with Crippen LogP contribution in [0.2, 0.25) is 0 Å². The molecule has 3 nitrogen and oxygen atoms in total. The molecule has 4 heteroatoms. The molecule has 1 saturated heterocycles. The average Bonchev–Trinajstić information content (AvgIpc) is 2.17. The minimum Gasteiger partial charge on any atom is -0.356 e. The molecule has 1 fully saturated rings. The van der Waals surface area contributed by atoms with Gasteiger partial charge in [0.05, 0.1) is 0 Å². The molecule has 0 aliphatic carbocycles. The van der Waals surface area contributed by atoms with Crippen LogP contribution in [0.1, 0.15) is 25.7 Å². The van der Waals surface area contributed by atoms with Gasteiger partial charge in [0, 0.05) is 13.0 Å². The Labute approximate surface area is 96.8 Å². The van der Waals surface area contributed by atoms with E-state index >= 15 is 0 Å². The molecule has 0 aromatic rings. The van der Waals surface area contributed by atoms with Crippen LogP contribution in [0.3, 0.4) is 0 Å². The van der Waals surface area contributed by atoms with Crippen LogP contribution in [0.15, 0.2) is 0 Å². The summed E-state index contributed by atoms with van der Waals surface area (Å²) in [4.78, 5) is 11.4. The lowest BCUT2D eigenvalue weighted by atomic mass is 9.99. The third-order valence-electron chi connectivity index (χ3n) is 2.69. The lowest BCUT2D eigenvalue weighted by molar-refractivity contribution is -0.122. The van der Waals surface area contributed by atoms with Gasteiger partial charge in [-0.1, -0.05) is 6.42 Å². The molecule has 0 atom stereocenters. The highest BCUT2D eigenvalue weighted by atomic mass is 32.2. The van der Waals surface area contributed by atoms with Crippen LogP contribution in [-0.2, 0) is 4.79 Å². The van der Waals surface area contributed by atoms with Gasteiger partial charge >= 0.3 is 0 Å². The van der Waals surface area contributed by atoms with E-state index < -0.39 is 0 Å². The quantitative estimate of drug-likeness (QED) is 0.617. The second kappa shape index (κ2) is 7.99. The van der Waals surface area contributed by atoms with Crippen LogP contribution in [-0.4, -0.2) is 37.6 Å². The Hall–Kier alpha value is -0.220. The van der Waals surface area contributed by atoms with Crippen molar-refractivity contribution in [1.82, 2.24) is 10.6 Å². The molecule has 15 heavy (non-hydrogen) atoms. The molecule has 1 aliphatic heterocycles. The van der Waals surface area contributed by atoms with Gasteiger partial charge < -0.3 is 10.6 Å². The number of amides is 1. The molecule has 0 aromatic carbocycles.